The highest BCUT2D eigenvalue weighted by Gasteiger charge is 2.28. The number of hydrazine groups is 1. The number of rotatable bonds is 4. The first-order chi connectivity index (χ1) is 10.3. The zero-order valence-electron chi connectivity index (χ0n) is 12.0. The summed E-state index contributed by atoms with van der Waals surface area (Å²) in [6, 6.07) is 15.5. The standard InChI is InChI=1S/C18H20N2O/c19-20-18(9-15-7-12-3-1-2-4-17(12)15)13-5-6-14-10-21-11-16(14)8-13/h1-6,8,15,18,20H,7,9-11,19H2. The predicted octanol–water partition coefficient (Wildman–Crippen LogP) is 2.95. The monoisotopic (exact) mass is 280 g/mol. The van der Waals surface area contributed by atoms with E-state index in [4.69, 9.17) is 10.6 Å². The van der Waals surface area contributed by atoms with Gasteiger partial charge in [-0.1, -0.05) is 42.5 Å². The molecule has 0 amide bonds. The van der Waals surface area contributed by atoms with Crippen LogP contribution in [0.15, 0.2) is 42.5 Å². The second-order valence-corrected chi connectivity index (χ2v) is 6.08. The minimum atomic E-state index is 0.203. The number of nitrogens with one attached hydrogen (secondary N) is 1. The topological polar surface area (TPSA) is 47.3 Å². The summed E-state index contributed by atoms with van der Waals surface area (Å²) in [6.45, 7) is 1.47. The fraction of sp³-hybridized carbons (Fsp3) is 0.333. The van der Waals surface area contributed by atoms with Gasteiger partial charge < -0.3 is 4.74 Å². The van der Waals surface area contributed by atoms with Gasteiger partial charge in [0.1, 0.15) is 0 Å². The van der Waals surface area contributed by atoms with Gasteiger partial charge in [0.05, 0.1) is 13.2 Å². The van der Waals surface area contributed by atoms with Gasteiger partial charge in [0.15, 0.2) is 0 Å². The maximum atomic E-state index is 5.82. The second kappa shape index (κ2) is 5.26. The molecule has 0 radical (unpaired) electrons. The minimum absolute atomic E-state index is 0.203. The summed E-state index contributed by atoms with van der Waals surface area (Å²) in [5.74, 6) is 6.43. The Morgan fingerprint density at radius 3 is 2.81 bits per heavy atom. The molecule has 21 heavy (non-hydrogen) atoms. The van der Waals surface area contributed by atoms with E-state index in [2.05, 4.69) is 47.9 Å². The van der Waals surface area contributed by atoms with Crippen LogP contribution < -0.4 is 11.3 Å². The summed E-state index contributed by atoms with van der Waals surface area (Å²) >= 11 is 0. The van der Waals surface area contributed by atoms with Crippen LogP contribution in [-0.4, -0.2) is 0 Å². The number of hydrogen-bond acceptors (Lipinski definition) is 3. The molecule has 1 aliphatic carbocycles. The van der Waals surface area contributed by atoms with Gasteiger partial charge in [-0.25, -0.2) is 0 Å². The fourth-order valence-corrected chi connectivity index (χ4v) is 3.57. The molecule has 0 saturated carbocycles. The molecule has 3 heteroatoms. The summed E-state index contributed by atoms with van der Waals surface area (Å²) in [7, 11) is 0. The van der Waals surface area contributed by atoms with Crippen molar-refractivity contribution in [3.63, 3.8) is 0 Å². The Hall–Kier alpha value is -1.68. The molecule has 2 unspecified atom stereocenters. The Morgan fingerprint density at radius 2 is 1.95 bits per heavy atom. The van der Waals surface area contributed by atoms with Crippen LogP contribution in [0.5, 0.6) is 0 Å². The van der Waals surface area contributed by atoms with Crippen LogP contribution in [0.3, 0.4) is 0 Å². The van der Waals surface area contributed by atoms with E-state index in [1.165, 1.54) is 34.2 Å². The molecule has 2 atom stereocenters. The molecule has 1 aliphatic heterocycles. The lowest BCUT2D eigenvalue weighted by atomic mass is 9.74. The zero-order valence-corrected chi connectivity index (χ0v) is 12.0. The number of ether oxygens (including phenoxy) is 1. The van der Waals surface area contributed by atoms with Gasteiger partial charge in [0.25, 0.3) is 0 Å². The van der Waals surface area contributed by atoms with E-state index in [9.17, 15) is 0 Å². The van der Waals surface area contributed by atoms with E-state index in [0.29, 0.717) is 5.92 Å². The average molecular weight is 280 g/mol. The van der Waals surface area contributed by atoms with Gasteiger partial charge in [0, 0.05) is 6.04 Å². The molecule has 0 saturated heterocycles. The third-order valence-corrected chi connectivity index (χ3v) is 4.83. The van der Waals surface area contributed by atoms with Crippen LogP contribution in [0.2, 0.25) is 0 Å². The largest absolute Gasteiger partial charge is 0.372 e. The Balaban J connectivity index is 1.53. The minimum Gasteiger partial charge on any atom is -0.372 e. The quantitative estimate of drug-likeness (QED) is 0.668. The number of benzene rings is 2. The number of fused-ring (bicyclic) bond motifs is 2. The van der Waals surface area contributed by atoms with Crippen LogP contribution >= 0.6 is 0 Å². The third-order valence-electron chi connectivity index (χ3n) is 4.83. The second-order valence-electron chi connectivity index (χ2n) is 6.08. The molecule has 2 aliphatic rings. The van der Waals surface area contributed by atoms with E-state index in [0.717, 1.165) is 19.6 Å². The Labute approximate surface area is 125 Å². The van der Waals surface area contributed by atoms with Gasteiger partial charge in [-0.3, -0.25) is 11.3 Å². The van der Waals surface area contributed by atoms with E-state index in [-0.39, 0.29) is 6.04 Å². The molecule has 3 N–H and O–H groups in total. The number of nitrogens with two attached hydrogens (primary N) is 1. The summed E-state index contributed by atoms with van der Waals surface area (Å²) < 4.78 is 5.49. The fourth-order valence-electron chi connectivity index (χ4n) is 3.57. The van der Waals surface area contributed by atoms with Crippen molar-refractivity contribution in [1.29, 1.82) is 0 Å². The lowest BCUT2D eigenvalue weighted by Crippen LogP contribution is -2.31. The van der Waals surface area contributed by atoms with Crippen molar-refractivity contribution in [2.45, 2.75) is 38.0 Å². The summed E-state index contributed by atoms with van der Waals surface area (Å²) in [6.07, 6.45) is 2.22. The molecule has 0 fully saturated rings. The Morgan fingerprint density at radius 1 is 1.10 bits per heavy atom. The van der Waals surface area contributed by atoms with Crippen molar-refractivity contribution in [3.8, 4) is 0 Å². The molecular formula is C18H20N2O. The van der Waals surface area contributed by atoms with Crippen molar-refractivity contribution in [3.05, 3.63) is 70.3 Å². The summed E-state index contributed by atoms with van der Waals surface area (Å²) in [4.78, 5) is 0. The van der Waals surface area contributed by atoms with Crippen molar-refractivity contribution in [2.24, 2.45) is 5.84 Å². The van der Waals surface area contributed by atoms with Gasteiger partial charge in [-0.15, -0.1) is 0 Å². The van der Waals surface area contributed by atoms with Crippen LogP contribution in [0.25, 0.3) is 0 Å². The molecule has 4 rings (SSSR count). The predicted molar refractivity (Wildman–Crippen MR) is 82.5 cm³/mol. The maximum Gasteiger partial charge on any atom is 0.0725 e. The lowest BCUT2D eigenvalue weighted by Gasteiger charge is -2.33. The van der Waals surface area contributed by atoms with Crippen LogP contribution in [0, 0.1) is 0 Å². The van der Waals surface area contributed by atoms with Gasteiger partial charge in [-0.2, -0.15) is 0 Å². The molecule has 2 aromatic rings. The Kier molecular flexibility index (Phi) is 3.26. The Bertz CT molecular complexity index is 668. The lowest BCUT2D eigenvalue weighted by molar-refractivity contribution is 0.134. The van der Waals surface area contributed by atoms with Crippen LogP contribution in [-0.2, 0) is 24.4 Å². The molecule has 0 aromatic heterocycles. The maximum absolute atomic E-state index is 5.82. The van der Waals surface area contributed by atoms with E-state index in [1.807, 2.05) is 0 Å². The van der Waals surface area contributed by atoms with Crippen molar-refractivity contribution < 1.29 is 4.74 Å². The first kappa shape index (κ1) is 13.0. The highest BCUT2D eigenvalue weighted by molar-refractivity contribution is 5.41. The summed E-state index contributed by atoms with van der Waals surface area (Å²) in [5, 5.41) is 0. The molecule has 3 nitrogen and oxygen atoms in total. The van der Waals surface area contributed by atoms with Crippen molar-refractivity contribution in [2.75, 3.05) is 0 Å². The zero-order chi connectivity index (χ0) is 14.2. The molecule has 2 aromatic carbocycles. The molecule has 0 spiro atoms. The molecule has 0 bridgehead atoms. The SMILES string of the molecule is NNC(CC1Cc2ccccc21)c1ccc2c(c1)COC2. The van der Waals surface area contributed by atoms with E-state index < -0.39 is 0 Å². The molecule has 108 valence electrons. The van der Waals surface area contributed by atoms with Crippen molar-refractivity contribution in [1.82, 2.24) is 5.43 Å². The van der Waals surface area contributed by atoms with Crippen molar-refractivity contribution >= 4 is 0 Å². The van der Waals surface area contributed by atoms with Gasteiger partial charge >= 0.3 is 0 Å². The number of hydrogen-bond donors (Lipinski definition) is 2. The van der Waals surface area contributed by atoms with Gasteiger partial charge in [-0.05, 0) is 46.6 Å². The third kappa shape index (κ3) is 2.27. The normalized spacial score (nSPS) is 20.5. The van der Waals surface area contributed by atoms with Gasteiger partial charge in [0.2, 0.25) is 0 Å². The van der Waals surface area contributed by atoms with E-state index >= 15 is 0 Å². The molecular weight excluding hydrogens is 260 g/mol. The first-order valence-electron chi connectivity index (χ1n) is 7.58. The van der Waals surface area contributed by atoms with Crippen LogP contribution in [0.4, 0.5) is 0 Å². The highest BCUT2D eigenvalue weighted by atomic mass is 16.5. The van der Waals surface area contributed by atoms with E-state index in [1.54, 1.807) is 0 Å². The van der Waals surface area contributed by atoms with Crippen LogP contribution in [0.1, 0.15) is 46.2 Å². The summed E-state index contributed by atoms with van der Waals surface area (Å²) in [5.41, 5.74) is 9.86. The highest BCUT2D eigenvalue weighted by Crippen LogP contribution is 2.40. The smallest absolute Gasteiger partial charge is 0.0725 e. The average Bonchev–Trinajstić information content (AvgIpc) is 2.96. The first-order valence-corrected chi connectivity index (χ1v) is 7.58. The molecule has 1 heterocycles.